The van der Waals surface area contributed by atoms with Crippen molar-refractivity contribution in [3.05, 3.63) is 0 Å². The van der Waals surface area contributed by atoms with Crippen molar-refractivity contribution in [3.63, 3.8) is 0 Å². The number of Topliss-reactive ketones (excluding diaryl/α,β-unsaturated/α-hetero) is 1. The van der Waals surface area contributed by atoms with Gasteiger partial charge in [0, 0.05) is 17.3 Å². The summed E-state index contributed by atoms with van der Waals surface area (Å²) in [6, 6.07) is 0. The zero-order valence-electron chi connectivity index (χ0n) is 14.1. The number of halogens is 1. The molecule has 0 amide bonds. The van der Waals surface area contributed by atoms with Crippen molar-refractivity contribution >= 4 is 17.4 Å². The van der Waals surface area contributed by atoms with Gasteiger partial charge in [0.15, 0.2) is 0 Å². The average molecular weight is 341 g/mol. The van der Waals surface area contributed by atoms with E-state index in [0.717, 1.165) is 51.4 Å². The number of aliphatic hydroxyl groups excluding tert-OH is 2. The topological polar surface area (TPSA) is 57.5 Å². The summed E-state index contributed by atoms with van der Waals surface area (Å²) in [5.74, 6) is 1.87. The van der Waals surface area contributed by atoms with E-state index in [9.17, 15) is 15.0 Å². The summed E-state index contributed by atoms with van der Waals surface area (Å²) in [5.41, 5.74) is -0.387. The second kappa shape index (κ2) is 5.19. The van der Waals surface area contributed by atoms with E-state index in [1.165, 1.54) is 0 Å². The fourth-order valence-corrected chi connectivity index (χ4v) is 7.66. The maximum atomic E-state index is 12.4. The maximum Gasteiger partial charge on any atom is 0.139 e. The molecule has 0 aromatic carbocycles. The van der Waals surface area contributed by atoms with Crippen LogP contribution in [0.5, 0.6) is 0 Å². The van der Waals surface area contributed by atoms with E-state index in [2.05, 4.69) is 6.92 Å². The zero-order valence-corrected chi connectivity index (χ0v) is 14.8. The Morgan fingerprint density at radius 3 is 2.65 bits per heavy atom. The molecule has 130 valence electrons. The lowest BCUT2D eigenvalue weighted by Crippen LogP contribution is -2.63. The third-order valence-electron chi connectivity index (χ3n) is 8.39. The first-order valence-electron chi connectivity index (χ1n) is 9.37. The molecular weight excluding hydrogens is 312 g/mol. The molecule has 0 radical (unpaired) electrons. The van der Waals surface area contributed by atoms with Crippen LogP contribution in [0.3, 0.4) is 0 Å². The Balaban J connectivity index is 1.71. The second-order valence-corrected chi connectivity index (χ2v) is 9.73. The summed E-state index contributed by atoms with van der Waals surface area (Å²) >= 11 is 7.07. The van der Waals surface area contributed by atoms with Crippen LogP contribution in [0.15, 0.2) is 0 Å². The monoisotopic (exact) mass is 340 g/mol. The van der Waals surface area contributed by atoms with Gasteiger partial charge in [-0.05, 0) is 69.1 Å². The highest BCUT2D eigenvalue weighted by molar-refractivity contribution is 6.24. The van der Waals surface area contributed by atoms with Crippen molar-refractivity contribution in [2.45, 2.75) is 75.7 Å². The van der Waals surface area contributed by atoms with Gasteiger partial charge in [-0.25, -0.2) is 0 Å². The number of alkyl halides is 1. The third-order valence-corrected chi connectivity index (χ3v) is 9.11. The van der Waals surface area contributed by atoms with Crippen LogP contribution in [0.4, 0.5) is 0 Å². The smallest absolute Gasteiger partial charge is 0.139 e. The Kier molecular flexibility index (Phi) is 3.69. The lowest BCUT2D eigenvalue weighted by Gasteiger charge is -2.63. The predicted molar refractivity (Wildman–Crippen MR) is 89.2 cm³/mol. The summed E-state index contributed by atoms with van der Waals surface area (Å²) in [5, 5.41) is 20.5. The van der Waals surface area contributed by atoms with Crippen LogP contribution in [0.2, 0.25) is 0 Å². The maximum absolute atomic E-state index is 12.4. The van der Waals surface area contributed by atoms with E-state index >= 15 is 0 Å². The van der Waals surface area contributed by atoms with Gasteiger partial charge in [-0.15, -0.1) is 11.6 Å². The van der Waals surface area contributed by atoms with E-state index in [-0.39, 0.29) is 23.5 Å². The number of carbonyl (C=O) groups excluding carboxylic acids is 1. The van der Waals surface area contributed by atoms with Crippen LogP contribution < -0.4 is 0 Å². The Labute approximate surface area is 143 Å². The average Bonchev–Trinajstić information content (AvgIpc) is 2.82. The normalized spacial score (nSPS) is 55.9. The van der Waals surface area contributed by atoms with Crippen molar-refractivity contribution in [1.29, 1.82) is 0 Å². The van der Waals surface area contributed by atoms with Gasteiger partial charge in [0.1, 0.15) is 5.78 Å². The van der Waals surface area contributed by atoms with Gasteiger partial charge >= 0.3 is 0 Å². The van der Waals surface area contributed by atoms with Crippen molar-refractivity contribution in [2.24, 2.45) is 28.6 Å². The highest BCUT2D eigenvalue weighted by Gasteiger charge is 2.65. The third kappa shape index (κ3) is 1.99. The molecule has 4 heteroatoms. The quantitative estimate of drug-likeness (QED) is 0.720. The molecule has 0 aromatic rings. The zero-order chi connectivity index (χ0) is 16.5. The van der Waals surface area contributed by atoms with Crippen LogP contribution in [0.25, 0.3) is 0 Å². The Bertz CT molecular complexity index is 523. The van der Waals surface area contributed by atoms with Gasteiger partial charge in [0.25, 0.3) is 0 Å². The molecule has 4 rings (SSSR count). The Morgan fingerprint density at radius 1 is 1.13 bits per heavy atom. The molecule has 0 aromatic heterocycles. The van der Waals surface area contributed by atoms with Crippen molar-refractivity contribution in [3.8, 4) is 0 Å². The van der Waals surface area contributed by atoms with Crippen LogP contribution >= 0.6 is 11.6 Å². The molecule has 2 N–H and O–H groups in total. The van der Waals surface area contributed by atoms with Gasteiger partial charge < -0.3 is 10.2 Å². The van der Waals surface area contributed by atoms with E-state index in [4.69, 9.17) is 11.6 Å². The van der Waals surface area contributed by atoms with Crippen LogP contribution in [0, 0.1) is 28.6 Å². The Morgan fingerprint density at radius 2 is 1.91 bits per heavy atom. The molecule has 4 fully saturated rings. The summed E-state index contributed by atoms with van der Waals surface area (Å²) in [6.45, 7) is 2.31. The number of fused-ring (bicyclic) bond motifs is 5. The summed E-state index contributed by atoms with van der Waals surface area (Å²) < 4.78 is 0. The Hall–Kier alpha value is -0.120. The molecule has 4 aliphatic carbocycles. The molecule has 0 saturated heterocycles. The number of carbonyl (C=O) groups is 1. The van der Waals surface area contributed by atoms with Crippen LogP contribution in [-0.4, -0.2) is 33.6 Å². The molecule has 0 heterocycles. The molecule has 3 nitrogen and oxygen atoms in total. The van der Waals surface area contributed by atoms with E-state index in [1.54, 1.807) is 0 Å². The predicted octanol–water partition coefficient (Wildman–Crippen LogP) is 3.29. The molecule has 0 aliphatic heterocycles. The van der Waals surface area contributed by atoms with E-state index in [1.807, 2.05) is 0 Å². The molecule has 0 spiro atoms. The van der Waals surface area contributed by atoms with Crippen LogP contribution in [-0.2, 0) is 4.79 Å². The molecule has 4 aliphatic rings. The minimum absolute atomic E-state index is 0.127. The van der Waals surface area contributed by atoms with Gasteiger partial charge in [-0.2, -0.15) is 0 Å². The first kappa shape index (κ1) is 16.4. The van der Waals surface area contributed by atoms with Crippen LogP contribution in [0.1, 0.15) is 64.7 Å². The number of hydrogen-bond donors (Lipinski definition) is 2. The minimum atomic E-state index is -0.461. The molecule has 7 atom stereocenters. The molecule has 0 unspecified atom stereocenters. The molecule has 23 heavy (non-hydrogen) atoms. The largest absolute Gasteiger partial charge is 0.396 e. The molecule has 4 saturated carbocycles. The summed E-state index contributed by atoms with van der Waals surface area (Å²) in [4.78, 5) is 12.0. The fraction of sp³-hybridized carbons (Fsp3) is 0.947. The standard InChI is InChI=1S/C19H29ClO3/c1-17-7-6-15-13(14(17)2-3-16(17)23)5-9-19(20)10-12(22)4-8-18(15,19)11-21/h12-15,21-22H,2-11H2,1H3/t12-,13-,14-,15-,17-,18-,19+/m0/s1. The lowest BCUT2D eigenvalue weighted by molar-refractivity contribution is -0.149. The number of rotatable bonds is 1. The van der Waals surface area contributed by atoms with Crippen molar-refractivity contribution in [2.75, 3.05) is 6.61 Å². The van der Waals surface area contributed by atoms with Gasteiger partial charge in [0.05, 0.1) is 17.6 Å². The lowest BCUT2D eigenvalue weighted by atomic mass is 9.44. The first-order chi connectivity index (χ1) is 10.9. The molecular formula is C19H29ClO3. The van der Waals surface area contributed by atoms with Crippen molar-refractivity contribution in [1.82, 2.24) is 0 Å². The van der Waals surface area contributed by atoms with Crippen molar-refractivity contribution < 1.29 is 15.0 Å². The number of hydrogen-bond acceptors (Lipinski definition) is 3. The first-order valence-corrected chi connectivity index (χ1v) is 9.75. The van der Waals surface area contributed by atoms with Gasteiger partial charge in [-0.1, -0.05) is 6.92 Å². The SMILES string of the molecule is C[C@]12CC[C@H]3[C@@H](CC[C@@]4(Cl)C[C@@H](O)CC[C@]34CO)[C@@H]1CCC2=O. The number of aliphatic hydroxyl groups is 2. The highest BCUT2D eigenvalue weighted by atomic mass is 35.5. The second-order valence-electron chi connectivity index (χ2n) is 9.01. The number of ketones is 1. The minimum Gasteiger partial charge on any atom is -0.396 e. The fourth-order valence-electron chi connectivity index (χ4n) is 7.08. The van der Waals surface area contributed by atoms with E-state index in [0.29, 0.717) is 30.0 Å². The summed E-state index contributed by atoms with van der Waals surface area (Å²) in [6.07, 6.45) is 7.50. The van der Waals surface area contributed by atoms with Gasteiger partial charge in [0.2, 0.25) is 0 Å². The van der Waals surface area contributed by atoms with E-state index < -0.39 is 4.87 Å². The molecule has 0 bridgehead atoms. The van der Waals surface area contributed by atoms with Gasteiger partial charge in [-0.3, -0.25) is 4.79 Å². The highest BCUT2D eigenvalue weighted by Crippen LogP contribution is 2.68. The summed E-state index contributed by atoms with van der Waals surface area (Å²) in [7, 11) is 0.